The molecule has 0 saturated heterocycles. The standard InChI is InChI=1S/C25H28N4O2S/c1-6-29-23(18-11-7-10-14-21(18)31-5)26-27-24(29)32-16-17(30)15-22-25(2,3)19-12-8-9-13-20(19)28(22)4/h7-15H,6,16H2,1-5H3/b22-15-. The first kappa shape index (κ1) is 22.1. The lowest BCUT2D eigenvalue weighted by Crippen LogP contribution is -2.24. The summed E-state index contributed by atoms with van der Waals surface area (Å²) in [7, 11) is 3.67. The first-order chi connectivity index (χ1) is 15.4. The highest BCUT2D eigenvalue weighted by Gasteiger charge is 2.38. The second-order valence-corrected chi connectivity index (χ2v) is 9.18. The first-order valence-electron chi connectivity index (χ1n) is 10.7. The van der Waals surface area contributed by atoms with Crippen LogP contribution >= 0.6 is 11.8 Å². The Bertz CT molecular complexity index is 1180. The molecule has 1 aliphatic rings. The molecule has 0 amide bonds. The number of carbonyl (C=O) groups is 1. The molecule has 32 heavy (non-hydrogen) atoms. The molecule has 2 aromatic carbocycles. The van der Waals surface area contributed by atoms with E-state index in [-0.39, 0.29) is 11.2 Å². The van der Waals surface area contributed by atoms with Crippen LogP contribution in [0.2, 0.25) is 0 Å². The van der Waals surface area contributed by atoms with E-state index in [1.165, 1.54) is 17.3 Å². The Morgan fingerprint density at radius 2 is 1.84 bits per heavy atom. The maximum atomic E-state index is 12.9. The highest BCUT2D eigenvalue weighted by Crippen LogP contribution is 2.46. The summed E-state index contributed by atoms with van der Waals surface area (Å²) >= 11 is 1.41. The number of hydrogen-bond donors (Lipinski definition) is 0. The number of benzene rings is 2. The van der Waals surface area contributed by atoms with Gasteiger partial charge >= 0.3 is 0 Å². The summed E-state index contributed by atoms with van der Waals surface area (Å²) in [5, 5.41) is 9.47. The lowest BCUT2D eigenvalue weighted by Gasteiger charge is -2.23. The van der Waals surface area contributed by atoms with Crippen molar-refractivity contribution in [3.8, 4) is 17.1 Å². The van der Waals surface area contributed by atoms with Crippen molar-refractivity contribution in [1.82, 2.24) is 14.8 Å². The van der Waals surface area contributed by atoms with Crippen LogP contribution in [0.25, 0.3) is 11.4 Å². The monoisotopic (exact) mass is 448 g/mol. The number of para-hydroxylation sites is 2. The minimum absolute atomic E-state index is 0.0576. The van der Waals surface area contributed by atoms with Crippen molar-refractivity contribution in [2.75, 3.05) is 24.8 Å². The van der Waals surface area contributed by atoms with Gasteiger partial charge in [-0.25, -0.2) is 0 Å². The van der Waals surface area contributed by atoms with Crippen LogP contribution in [0.1, 0.15) is 26.3 Å². The van der Waals surface area contributed by atoms with E-state index < -0.39 is 0 Å². The molecule has 4 rings (SSSR count). The SMILES string of the molecule is CCn1c(SCC(=O)/C=C2\N(C)c3ccccc3C2(C)C)nnc1-c1ccccc1OC. The number of allylic oxidation sites excluding steroid dienone is 2. The Morgan fingerprint density at radius 1 is 1.12 bits per heavy atom. The zero-order valence-electron chi connectivity index (χ0n) is 19.1. The smallest absolute Gasteiger partial charge is 0.191 e. The van der Waals surface area contributed by atoms with Crippen molar-refractivity contribution >= 4 is 23.2 Å². The Labute approximate surface area is 193 Å². The van der Waals surface area contributed by atoms with E-state index in [0.29, 0.717) is 12.3 Å². The summed E-state index contributed by atoms with van der Waals surface area (Å²) in [5.74, 6) is 1.85. The molecule has 0 atom stereocenters. The third-order valence-corrected chi connectivity index (χ3v) is 6.95. The topological polar surface area (TPSA) is 60.2 Å². The predicted molar refractivity (Wildman–Crippen MR) is 129 cm³/mol. The highest BCUT2D eigenvalue weighted by molar-refractivity contribution is 7.99. The van der Waals surface area contributed by atoms with Gasteiger partial charge in [-0.05, 0) is 30.7 Å². The van der Waals surface area contributed by atoms with Crippen LogP contribution in [-0.2, 0) is 16.8 Å². The van der Waals surface area contributed by atoms with E-state index in [1.807, 2.05) is 54.9 Å². The van der Waals surface area contributed by atoms with E-state index in [9.17, 15) is 4.79 Å². The molecule has 6 nitrogen and oxygen atoms in total. The molecule has 1 aromatic heterocycles. The van der Waals surface area contributed by atoms with Gasteiger partial charge in [0.1, 0.15) is 5.75 Å². The maximum absolute atomic E-state index is 12.9. The molecule has 2 heterocycles. The number of hydrogen-bond acceptors (Lipinski definition) is 6. The van der Waals surface area contributed by atoms with Gasteiger partial charge in [0.05, 0.1) is 18.4 Å². The van der Waals surface area contributed by atoms with Crippen molar-refractivity contribution in [1.29, 1.82) is 0 Å². The van der Waals surface area contributed by atoms with E-state index in [2.05, 4.69) is 41.1 Å². The van der Waals surface area contributed by atoms with Gasteiger partial charge in [-0.2, -0.15) is 0 Å². The lowest BCUT2D eigenvalue weighted by atomic mass is 9.83. The maximum Gasteiger partial charge on any atom is 0.191 e. The van der Waals surface area contributed by atoms with Gasteiger partial charge in [0.15, 0.2) is 16.8 Å². The molecule has 0 spiro atoms. The van der Waals surface area contributed by atoms with Crippen molar-refractivity contribution in [2.45, 2.75) is 37.9 Å². The van der Waals surface area contributed by atoms with Crippen LogP contribution in [-0.4, -0.2) is 40.5 Å². The number of rotatable bonds is 7. The number of likely N-dealkylation sites (N-methyl/N-ethyl adjacent to an activating group) is 1. The number of fused-ring (bicyclic) bond motifs is 1. The zero-order valence-corrected chi connectivity index (χ0v) is 19.9. The number of thioether (sulfide) groups is 1. The van der Waals surface area contributed by atoms with Crippen LogP contribution in [0.4, 0.5) is 5.69 Å². The Morgan fingerprint density at radius 3 is 2.56 bits per heavy atom. The third-order valence-electron chi connectivity index (χ3n) is 5.96. The van der Waals surface area contributed by atoms with Crippen LogP contribution in [0.5, 0.6) is 5.75 Å². The van der Waals surface area contributed by atoms with Crippen molar-refractivity contribution < 1.29 is 9.53 Å². The molecule has 3 aromatic rings. The minimum Gasteiger partial charge on any atom is -0.496 e. The second kappa shape index (κ2) is 8.82. The quantitative estimate of drug-likeness (QED) is 0.377. The summed E-state index contributed by atoms with van der Waals surface area (Å²) in [4.78, 5) is 15.0. The van der Waals surface area contributed by atoms with E-state index in [4.69, 9.17) is 4.74 Å². The van der Waals surface area contributed by atoms with Gasteiger partial charge in [0.25, 0.3) is 0 Å². The van der Waals surface area contributed by atoms with Crippen LogP contribution < -0.4 is 9.64 Å². The number of ether oxygens (including phenoxy) is 1. The van der Waals surface area contributed by atoms with Gasteiger partial charge in [0.2, 0.25) is 0 Å². The van der Waals surface area contributed by atoms with Gasteiger partial charge in [-0.15, -0.1) is 10.2 Å². The van der Waals surface area contributed by atoms with Crippen LogP contribution in [0.15, 0.2) is 65.5 Å². The molecule has 0 unspecified atom stereocenters. The molecular formula is C25H28N4O2S. The molecule has 0 radical (unpaired) electrons. The van der Waals surface area contributed by atoms with Gasteiger partial charge in [-0.3, -0.25) is 4.79 Å². The number of carbonyl (C=O) groups excluding carboxylic acids is 1. The largest absolute Gasteiger partial charge is 0.496 e. The zero-order chi connectivity index (χ0) is 22.9. The molecule has 7 heteroatoms. The van der Waals surface area contributed by atoms with E-state index in [0.717, 1.165) is 33.7 Å². The fraction of sp³-hybridized carbons (Fsp3) is 0.320. The molecule has 1 aliphatic heterocycles. The Balaban J connectivity index is 1.54. The van der Waals surface area contributed by atoms with Gasteiger partial charge in [0, 0.05) is 36.5 Å². The summed E-state index contributed by atoms with van der Waals surface area (Å²) in [6.07, 6.45) is 1.78. The molecule has 0 aliphatic carbocycles. The Hall–Kier alpha value is -3.06. The van der Waals surface area contributed by atoms with E-state index in [1.54, 1.807) is 13.2 Å². The molecule has 0 fully saturated rings. The summed E-state index contributed by atoms with van der Waals surface area (Å²) in [6, 6.07) is 16.1. The average Bonchev–Trinajstić information content (AvgIpc) is 3.30. The number of anilines is 1. The average molecular weight is 449 g/mol. The number of methoxy groups -OCH3 is 1. The molecular weight excluding hydrogens is 420 g/mol. The molecule has 0 bridgehead atoms. The lowest BCUT2D eigenvalue weighted by molar-refractivity contribution is -0.112. The van der Waals surface area contributed by atoms with Crippen molar-refractivity contribution in [3.63, 3.8) is 0 Å². The molecule has 0 saturated carbocycles. The fourth-order valence-electron chi connectivity index (χ4n) is 4.30. The van der Waals surface area contributed by atoms with Crippen LogP contribution in [0, 0.1) is 0 Å². The van der Waals surface area contributed by atoms with Crippen molar-refractivity contribution in [2.24, 2.45) is 0 Å². The first-order valence-corrected chi connectivity index (χ1v) is 11.6. The number of aromatic nitrogens is 3. The molecule has 166 valence electrons. The van der Waals surface area contributed by atoms with E-state index >= 15 is 0 Å². The van der Waals surface area contributed by atoms with Crippen LogP contribution in [0.3, 0.4) is 0 Å². The Kier molecular flexibility index (Phi) is 6.11. The minimum atomic E-state index is -0.216. The summed E-state index contributed by atoms with van der Waals surface area (Å²) in [5.41, 5.74) is 4.07. The highest BCUT2D eigenvalue weighted by atomic mass is 32.2. The third kappa shape index (κ3) is 3.81. The normalized spacial score (nSPS) is 15.8. The predicted octanol–water partition coefficient (Wildman–Crippen LogP) is 4.95. The summed E-state index contributed by atoms with van der Waals surface area (Å²) < 4.78 is 7.50. The van der Waals surface area contributed by atoms with Gasteiger partial charge < -0.3 is 14.2 Å². The number of nitrogens with zero attached hydrogens (tertiary/aromatic N) is 4. The number of ketones is 1. The van der Waals surface area contributed by atoms with Gasteiger partial charge in [-0.1, -0.05) is 55.9 Å². The molecule has 0 N–H and O–H groups in total. The fourth-order valence-corrected chi connectivity index (χ4v) is 5.12. The van der Waals surface area contributed by atoms with Crippen molar-refractivity contribution in [3.05, 3.63) is 65.9 Å². The summed E-state index contributed by atoms with van der Waals surface area (Å²) in [6.45, 7) is 7.07. The second-order valence-electron chi connectivity index (χ2n) is 8.24.